The number of nitrogens with zero attached hydrogens (tertiary/aromatic N) is 2. The summed E-state index contributed by atoms with van der Waals surface area (Å²) in [5, 5.41) is 7.91. The molecule has 0 aliphatic rings. The molecule has 0 saturated heterocycles. The van der Waals surface area contributed by atoms with Gasteiger partial charge in [-0.3, -0.25) is 4.99 Å². The van der Waals surface area contributed by atoms with E-state index in [-0.39, 0.29) is 24.0 Å². The number of unbranched alkanes of at least 4 members (excludes halogenated alkanes) is 2. The molecule has 6 heteroatoms. The van der Waals surface area contributed by atoms with Gasteiger partial charge in [0, 0.05) is 30.9 Å². The zero-order valence-electron chi connectivity index (χ0n) is 14.4. The maximum atomic E-state index is 4.68. The summed E-state index contributed by atoms with van der Waals surface area (Å²) >= 11 is 1.82. The SMILES string of the molecule is CCCCCN=C(NCC)NCCc1nc(CC)c(C)s1.I. The van der Waals surface area contributed by atoms with Gasteiger partial charge in [0.2, 0.25) is 0 Å². The van der Waals surface area contributed by atoms with Crippen LogP contribution in [0.1, 0.15) is 55.6 Å². The van der Waals surface area contributed by atoms with E-state index in [1.54, 1.807) is 0 Å². The summed E-state index contributed by atoms with van der Waals surface area (Å²) in [7, 11) is 0. The highest BCUT2D eigenvalue weighted by atomic mass is 127. The molecule has 0 amide bonds. The van der Waals surface area contributed by atoms with Gasteiger partial charge in [0.25, 0.3) is 0 Å². The van der Waals surface area contributed by atoms with Crippen molar-refractivity contribution in [2.45, 2.75) is 59.8 Å². The minimum atomic E-state index is 0. The molecule has 1 aromatic heterocycles. The van der Waals surface area contributed by atoms with Gasteiger partial charge in [0.15, 0.2) is 5.96 Å². The van der Waals surface area contributed by atoms with Crippen molar-refractivity contribution in [2.24, 2.45) is 4.99 Å². The Bertz CT molecular complexity index is 432. The fourth-order valence-corrected chi connectivity index (χ4v) is 3.13. The molecule has 22 heavy (non-hydrogen) atoms. The molecular weight excluding hydrogens is 407 g/mol. The first-order valence-corrected chi connectivity index (χ1v) is 9.00. The molecule has 0 spiro atoms. The van der Waals surface area contributed by atoms with Gasteiger partial charge in [0.1, 0.15) is 0 Å². The first kappa shape index (κ1) is 21.6. The number of halogens is 1. The summed E-state index contributed by atoms with van der Waals surface area (Å²) in [5.41, 5.74) is 1.25. The quantitative estimate of drug-likeness (QED) is 0.266. The third-order valence-corrected chi connectivity index (χ3v) is 4.35. The van der Waals surface area contributed by atoms with Crippen molar-refractivity contribution < 1.29 is 0 Å². The number of aryl methyl sites for hydroxylation is 2. The molecule has 0 saturated carbocycles. The molecule has 0 aliphatic carbocycles. The first-order valence-electron chi connectivity index (χ1n) is 8.18. The highest BCUT2D eigenvalue weighted by molar-refractivity contribution is 14.0. The average Bonchev–Trinajstić information content (AvgIpc) is 2.83. The van der Waals surface area contributed by atoms with Gasteiger partial charge >= 0.3 is 0 Å². The Morgan fingerprint density at radius 1 is 1.18 bits per heavy atom. The lowest BCUT2D eigenvalue weighted by molar-refractivity contribution is 0.716. The van der Waals surface area contributed by atoms with E-state index in [9.17, 15) is 0 Å². The summed E-state index contributed by atoms with van der Waals surface area (Å²) in [6, 6.07) is 0. The molecule has 0 aromatic carbocycles. The van der Waals surface area contributed by atoms with Crippen molar-refractivity contribution in [3.8, 4) is 0 Å². The minimum Gasteiger partial charge on any atom is -0.357 e. The standard InChI is InChI=1S/C16H30N4S.HI/c1-5-8-9-11-18-16(17-7-3)19-12-10-15-20-14(6-2)13(4)21-15;/h5-12H2,1-4H3,(H2,17,18,19);1H. The predicted octanol–water partition coefficient (Wildman–Crippen LogP) is 3.92. The maximum Gasteiger partial charge on any atom is 0.191 e. The van der Waals surface area contributed by atoms with E-state index in [2.05, 4.69) is 48.3 Å². The smallest absolute Gasteiger partial charge is 0.191 e. The molecule has 0 radical (unpaired) electrons. The highest BCUT2D eigenvalue weighted by Gasteiger charge is 2.05. The van der Waals surface area contributed by atoms with Gasteiger partial charge in [-0.05, 0) is 26.7 Å². The van der Waals surface area contributed by atoms with Crippen LogP contribution in [0.2, 0.25) is 0 Å². The van der Waals surface area contributed by atoms with Crippen LogP contribution in [0.4, 0.5) is 0 Å². The number of guanidine groups is 1. The molecule has 1 aromatic rings. The first-order chi connectivity index (χ1) is 10.2. The van der Waals surface area contributed by atoms with Crippen LogP contribution in [-0.2, 0) is 12.8 Å². The van der Waals surface area contributed by atoms with Crippen molar-refractivity contribution in [2.75, 3.05) is 19.6 Å². The number of aromatic nitrogens is 1. The predicted molar refractivity (Wildman–Crippen MR) is 109 cm³/mol. The van der Waals surface area contributed by atoms with E-state index in [4.69, 9.17) is 0 Å². The van der Waals surface area contributed by atoms with Gasteiger partial charge in [-0.15, -0.1) is 35.3 Å². The van der Waals surface area contributed by atoms with Crippen LogP contribution < -0.4 is 10.6 Å². The minimum absolute atomic E-state index is 0. The Kier molecular flexibility index (Phi) is 12.9. The second-order valence-electron chi connectivity index (χ2n) is 5.11. The number of aliphatic imine (C=N–C) groups is 1. The van der Waals surface area contributed by atoms with Crippen LogP contribution >= 0.6 is 35.3 Å². The molecule has 1 rings (SSSR count). The Morgan fingerprint density at radius 3 is 2.55 bits per heavy atom. The molecule has 1 heterocycles. The molecule has 0 aliphatic heterocycles. The van der Waals surface area contributed by atoms with Gasteiger partial charge in [-0.2, -0.15) is 0 Å². The lowest BCUT2D eigenvalue weighted by atomic mass is 10.2. The fourth-order valence-electron chi connectivity index (χ4n) is 2.10. The van der Waals surface area contributed by atoms with Crippen LogP contribution in [0, 0.1) is 6.92 Å². The Hall–Kier alpha value is -0.370. The normalized spacial score (nSPS) is 11.2. The summed E-state index contributed by atoms with van der Waals surface area (Å²) in [6.45, 7) is 11.3. The molecule has 0 fully saturated rings. The zero-order chi connectivity index (χ0) is 15.5. The molecule has 128 valence electrons. The Labute approximate surface area is 156 Å². The van der Waals surface area contributed by atoms with Crippen molar-refractivity contribution in [3.05, 3.63) is 15.6 Å². The Morgan fingerprint density at radius 2 is 1.95 bits per heavy atom. The molecule has 2 N–H and O–H groups in total. The number of thiazole rings is 1. The topological polar surface area (TPSA) is 49.3 Å². The average molecular weight is 438 g/mol. The summed E-state index contributed by atoms with van der Waals surface area (Å²) in [4.78, 5) is 10.6. The van der Waals surface area contributed by atoms with Crippen molar-refractivity contribution >= 4 is 41.3 Å². The highest BCUT2D eigenvalue weighted by Crippen LogP contribution is 2.17. The number of hydrogen-bond acceptors (Lipinski definition) is 3. The van der Waals surface area contributed by atoms with E-state index >= 15 is 0 Å². The lowest BCUT2D eigenvalue weighted by Gasteiger charge is -2.10. The van der Waals surface area contributed by atoms with Crippen LogP contribution in [-0.4, -0.2) is 30.6 Å². The molecule has 0 atom stereocenters. The van der Waals surface area contributed by atoms with Gasteiger partial charge in [-0.25, -0.2) is 4.98 Å². The van der Waals surface area contributed by atoms with E-state index in [0.29, 0.717) is 0 Å². The maximum absolute atomic E-state index is 4.68. The third kappa shape index (κ3) is 8.31. The van der Waals surface area contributed by atoms with Crippen molar-refractivity contribution in [1.82, 2.24) is 15.6 Å². The van der Waals surface area contributed by atoms with Crippen molar-refractivity contribution in [1.29, 1.82) is 0 Å². The largest absolute Gasteiger partial charge is 0.357 e. The fraction of sp³-hybridized carbons (Fsp3) is 0.750. The van der Waals surface area contributed by atoms with Crippen molar-refractivity contribution in [3.63, 3.8) is 0 Å². The van der Waals surface area contributed by atoms with E-state index < -0.39 is 0 Å². The zero-order valence-corrected chi connectivity index (χ0v) is 17.5. The molecule has 0 bridgehead atoms. The number of nitrogens with one attached hydrogen (secondary N) is 2. The third-order valence-electron chi connectivity index (χ3n) is 3.28. The van der Waals surface area contributed by atoms with Gasteiger partial charge in [0.05, 0.1) is 10.7 Å². The van der Waals surface area contributed by atoms with Crippen LogP contribution in [0.15, 0.2) is 4.99 Å². The number of rotatable bonds is 9. The van der Waals surface area contributed by atoms with Crippen LogP contribution in [0.5, 0.6) is 0 Å². The van der Waals surface area contributed by atoms with Crippen LogP contribution in [0.3, 0.4) is 0 Å². The Balaban J connectivity index is 0.00000441. The molecular formula is C16H31IN4S. The van der Waals surface area contributed by atoms with E-state index in [1.807, 2.05) is 11.3 Å². The van der Waals surface area contributed by atoms with Crippen LogP contribution in [0.25, 0.3) is 0 Å². The molecule has 4 nitrogen and oxygen atoms in total. The molecule has 0 unspecified atom stereocenters. The van der Waals surface area contributed by atoms with Gasteiger partial charge in [-0.1, -0.05) is 26.7 Å². The monoisotopic (exact) mass is 438 g/mol. The summed E-state index contributed by atoms with van der Waals surface area (Å²) in [6.07, 6.45) is 5.64. The second-order valence-corrected chi connectivity index (χ2v) is 6.40. The summed E-state index contributed by atoms with van der Waals surface area (Å²) in [5.74, 6) is 0.928. The summed E-state index contributed by atoms with van der Waals surface area (Å²) < 4.78 is 0. The van der Waals surface area contributed by atoms with E-state index in [0.717, 1.165) is 38.4 Å². The van der Waals surface area contributed by atoms with E-state index in [1.165, 1.54) is 34.8 Å². The second kappa shape index (κ2) is 13.1. The number of hydrogen-bond donors (Lipinski definition) is 2. The van der Waals surface area contributed by atoms with Gasteiger partial charge < -0.3 is 10.6 Å². The lowest BCUT2D eigenvalue weighted by Crippen LogP contribution is -2.38.